The maximum atomic E-state index is 12.5. The number of hydrogen-bond donors (Lipinski definition) is 2. The second kappa shape index (κ2) is 6.77. The molecule has 1 atom stereocenters. The van der Waals surface area contributed by atoms with Crippen LogP contribution in [0.1, 0.15) is 26.3 Å². The van der Waals surface area contributed by atoms with Crippen molar-refractivity contribution in [1.82, 2.24) is 4.72 Å². The van der Waals surface area contributed by atoms with E-state index in [1.165, 1.54) is 5.56 Å². The van der Waals surface area contributed by atoms with E-state index >= 15 is 0 Å². The van der Waals surface area contributed by atoms with Crippen molar-refractivity contribution in [1.29, 1.82) is 0 Å². The molecule has 0 spiro atoms. The van der Waals surface area contributed by atoms with Crippen LogP contribution in [0.25, 0.3) is 0 Å². The first kappa shape index (κ1) is 16.3. The first-order valence-corrected chi connectivity index (χ1v) is 8.89. The van der Waals surface area contributed by atoms with Gasteiger partial charge in [0, 0.05) is 24.9 Å². The molecular formula is C15H24N2O3S. The van der Waals surface area contributed by atoms with E-state index in [1.54, 1.807) is 12.1 Å². The van der Waals surface area contributed by atoms with Gasteiger partial charge in [0.15, 0.2) is 0 Å². The summed E-state index contributed by atoms with van der Waals surface area (Å²) in [5.74, 6) is 0.166. The van der Waals surface area contributed by atoms with Crippen LogP contribution in [0, 0.1) is 5.92 Å². The molecule has 0 saturated heterocycles. The van der Waals surface area contributed by atoms with Gasteiger partial charge in [-0.15, -0.1) is 0 Å². The van der Waals surface area contributed by atoms with Crippen LogP contribution >= 0.6 is 0 Å². The second-order valence-corrected chi connectivity index (χ2v) is 7.34. The third-order valence-corrected chi connectivity index (χ3v) is 5.20. The predicted molar refractivity (Wildman–Crippen MR) is 84.1 cm³/mol. The average Bonchev–Trinajstić information content (AvgIpc) is 2.90. The Morgan fingerprint density at radius 3 is 2.81 bits per heavy atom. The molecular weight excluding hydrogens is 288 g/mol. The van der Waals surface area contributed by atoms with Crippen molar-refractivity contribution in [2.75, 3.05) is 25.1 Å². The molecule has 21 heavy (non-hydrogen) atoms. The number of fused-ring (bicyclic) bond motifs is 1. The van der Waals surface area contributed by atoms with Crippen LogP contribution in [-0.4, -0.2) is 34.2 Å². The van der Waals surface area contributed by atoms with Crippen molar-refractivity contribution in [3.8, 4) is 0 Å². The largest absolute Gasteiger partial charge is 0.384 e. The molecule has 5 nitrogen and oxygen atoms in total. The number of benzene rings is 1. The minimum Gasteiger partial charge on any atom is -0.384 e. The van der Waals surface area contributed by atoms with Crippen LogP contribution in [0.15, 0.2) is 23.1 Å². The van der Waals surface area contributed by atoms with Crippen molar-refractivity contribution in [2.45, 2.75) is 38.1 Å². The van der Waals surface area contributed by atoms with E-state index in [1.807, 2.05) is 26.8 Å². The number of hydrogen-bond acceptors (Lipinski definition) is 4. The molecule has 2 rings (SSSR count). The molecule has 0 aliphatic carbocycles. The lowest BCUT2D eigenvalue weighted by Gasteiger charge is -2.22. The summed E-state index contributed by atoms with van der Waals surface area (Å²) in [6, 6.07) is 5.04. The number of nitrogens with one attached hydrogen (secondary N) is 2. The Morgan fingerprint density at radius 2 is 2.14 bits per heavy atom. The van der Waals surface area contributed by atoms with E-state index in [0.717, 1.165) is 18.7 Å². The van der Waals surface area contributed by atoms with Crippen molar-refractivity contribution in [3.63, 3.8) is 0 Å². The van der Waals surface area contributed by atoms with Gasteiger partial charge in [0.2, 0.25) is 10.0 Å². The highest BCUT2D eigenvalue weighted by atomic mass is 32.2. The fourth-order valence-electron chi connectivity index (χ4n) is 2.31. The quantitative estimate of drug-likeness (QED) is 0.808. The maximum absolute atomic E-state index is 12.5. The van der Waals surface area contributed by atoms with E-state index in [9.17, 15) is 8.42 Å². The Morgan fingerprint density at radius 1 is 1.38 bits per heavy atom. The van der Waals surface area contributed by atoms with Gasteiger partial charge in [0.1, 0.15) is 0 Å². The molecule has 1 aromatic carbocycles. The molecule has 0 bridgehead atoms. The SMILES string of the molecule is CCOCC(NS(=O)(=O)c1ccc2c(c1)NCC2)C(C)C. The number of ether oxygens (including phenoxy) is 1. The van der Waals surface area contributed by atoms with Crippen LogP contribution in [-0.2, 0) is 21.2 Å². The number of sulfonamides is 1. The third-order valence-electron chi connectivity index (χ3n) is 3.71. The van der Waals surface area contributed by atoms with E-state index in [2.05, 4.69) is 10.0 Å². The third kappa shape index (κ3) is 3.96. The number of rotatable bonds is 7. The van der Waals surface area contributed by atoms with Gasteiger partial charge >= 0.3 is 0 Å². The molecule has 1 aliphatic rings. The lowest BCUT2D eigenvalue weighted by molar-refractivity contribution is 0.116. The zero-order chi connectivity index (χ0) is 15.5. The van der Waals surface area contributed by atoms with Gasteiger partial charge in [-0.3, -0.25) is 0 Å². The average molecular weight is 312 g/mol. The lowest BCUT2D eigenvalue weighted by Crippen LogP contribution is -2.41. The van der Waals surface area contributed by atoms with Crippen LogP contribution in [0.4, 0.5) is 5.69 Å². The summed E-state index contributed by atoms with van der Waals surface area (Å²) in [6.07, 6.45) is 0.946. The van der Waals surface area contributed by atoms with Crippen molar-refractivity contribution < 1.29 is 13.2 Å². The topological polar surface area (TPSA) is 67.4 Å². The Labute approximate surface area is 127 Å². The first-order valence-electron chi connectivity index (χ1n) is 7.41. The van der Waals surface area contributed by atoms with Gasteiger partial charge in [-0.1, -0.05) is 19.9 Å². The smallest absolute Gasteiger partial charge is 0.240 e. The van der Waals surface area contributed by atoms with Crippen LogP contribution in [0.2, 0.25) is 0 Å². The Kier molecular flexibility index (Phi) is 5.24. The Hall–Kier alpha value is -1.11. The zero-order valence-corrected chi connectivity index (χ0v) is 13.7. The van der Waals surface area contributed by atoms with E-state index in [0.29, 0.717) is 18.1 Å². The summed E-state index contributed by atoms with van der Waals surface area (Å²) < 4.78 is 33.2. The molecule has 2 N–H and O–H groups in total. The minimum absolute atomic E-state index is 0.166. The van der Waals surface area contributed by atoms with E-state index < -0.39 is 10.0 Å². The van der Waals surface area contributed by atoms with Gasteiger partial charge in [-0.05, 0) is 37.0 Å². The van der Waals surface area contributed by atoms with E-state index in [-0.39, 0.29) is 12.0 Å². The lowest BCUT2D eigenvalue weighted by atomic mass is 10.1. The molecule has 1 aromatic rings. The van der Waals surface area contributed by atoms with Crippen molar-refractivity contribution in [2.24, 2.45) is 5.92 Å². The summed E-state index contributed by atoms with van der Waals surface area (Å²) in [6.45, 7) is 7.69. The van der Waals surface area contributed by atoms with Gasteiger partial charge in [0.05, 0.1) is 11.5 Å². The van der Waals surface area contributed by atoms with E-state index in [4.69, 9.17) is 4.74 Å². The fraction of sp³-hybridized carbons (Fsp3) is 0.600. The highest BCUT2D eigenvalue weighted by Gasteiger charge is 2.24. The molecule has 0 saturated carbocycles. The standard InChI is InChI=1S/C15H24N2O3S/c1-4-20-10-15(11(2)3)17-21(18,19)13-6-5-12-7-8-16-14(12)9-13/h5-6,9,11,15-17H,4,7-8,10H2,1-3H3. The van der Waals surface area contributed by atoms with Gasteiger partial charge in [-0.2, -0.15) is 0 Å². The molecule has 1 aliphatic heterocycles. The normalized spacial score (nSPS) is 15.8. The van der Waals surface area contributed by atoms with Crippen LogP contribution in [0.3, 0.4) is 0 Å². The van der Waals surface area contributed by atoms with Crippen molar-refractivity contribution >= 4 is 15.7 Å². The second-order valence-electron chi connectivity index (χ2n) is 5.63. The van der Waals surface area contributed by atoms with Gasteiger partial charge in [-0.25, -0.2) is 13.1 Å². The summed E-state index contributed by atoms with van der Waals surface area (Å²) in [5.41, 5.74) is 2.09. The van der Waals surface area contributed by atoms with Gasteiger partial charge in [0.25, 0.3) is 0 Å². The molecule has 1 unspecified atom stereocenters. The summed E-state index contributed by atoms with van der Waals surface area (Å²) >= 11 is 0. The molecule has 0 fully saturated rings. The summed E-state index contributed by atoms with van der Waals surface area (Å²) in [7, 11) is -3.53. The molecule has 0 amide bonds. The molecule has 0 radical (unpaired) electrons. The molecule has 118 valence electrons. The maximum Gasteiger partial charge on any atom is 0.240 e. The van der Waals surface area contributed by atoms with Crippen molar-refractivity contribution in [3.05, 3.63) is 23.8 Å². The highest BCUT2D eigenvalue weighted by molar-refractivity contribution is 7.89. The predicted octanol–water partition coefficient (Wildman–Crippen LogP) is 1.99. The summed E-state index contributed by atoms with van der Waals surface area (Å²) in [4.78, 5) is 0.304. The molecule has 6 heteroatoms. The van der Waals surface area contributed by atoms with Crippen LogP contribution in [0.5, 0.6) is 0 Å². The van der Waals surface area contributed by atoms with Gasteiger partial charge < -0.3 is 10.1 Å². The zero-order valence-electron chi connectivity index (χ0n) is 12.8. The first-order chi connectivity index (χ1) is 9.94. The molecule has 1 heterocycles. The van der Waals surface area contributed by atoms with Crippen LogP contribution < -0.4 is 10.0 Å². The minimum atomic E-state index is -3.53. The Balaban J connectivity index is 2.16. The number of anilines is 1. The monoisotopic (exact) mass is 312 g/mol. The highest BCUT2D eigenvalue weighted by Crippen LogP contribution is 2.25. The molecule has 0 aromatic heterocycles. The Bertz CT molecular complexity index is 585. The fourth-order valence-corrected chi connectivity index (χ4v) is 3.71. The summed E-state index contributed by atoms with van der Waals surface area (Å²) in [5, 5.41) is 3.21.